The fourth-order valence-corrected chi connectivity index (χ4v) is 10.5. The van der Waals surface area contributed by atoms with Gasteiger partial charge in [0.2, 0.25) is 0 Å². The van der Waals surface area contributed by atoms with Crippen molar-refractivity contribution in [3.05, 3.63) is 91.0 Å². The number of hydrogen-bond donors (Lipinski definition) is 0. The molecule has 0 N–H and O–H groups in total. The minimum atomic E-state index is -2.79. The first-order valence-corrected chi connectivity index (χ1v) is 18.5. The monoisotopic (exact) mass is 600 g/mol. The molecule has 0 bridgehead atoms. The highest BCUT2D eigenvalue weighted by atomic mass is 31.2. The largest absolute Gasteiger partial charge is 0.465 e. The third-order valence-corrected chi connectivity index (χ3v) is 12.7. The van der Waals surface area contributed by atoms with Crippen LogP contribution in [0.4, 0.5) is 0 Å². The number of ether oxygens (including phenoxy) is 1. The third kappa shape index (κ3) is 10.4. The summed E-state index contributed by atoms with van der Waals surface area (Å²) in [7, 11) is 1.39. The van der Waals surface area contributed by atoms with Gasteiger partial charge in [-0.2, -0.15) is 0 Å². The molecule has 0 fully saturated rings. The zero-order chi connectivity index (χ0) is 30.6. The molecule has 3 aromatic rings. The lowest BCUT2D eigenvalue weighted by atomic mass is 10.0. The number of carbonyl (C=O) groups excluding carboxylic acids is 2. The van der Waals surface area contributed by atoms with E-state index in [0.29, 0.717) is 11.7 Å². The van der Waals surface area contributed by atoms with E-state index in [2.05, 4.69) is 43.3 Å². The zero-order valence-electron chi connectivity index (χ0n) is 26.6. The van der Waals surface area contributed by atoms with E-state index in [0.717, 1.165) is 35.2 Å². The van der Waals surface area contributed by atoms with E-state index in [-0.39, 0.29) is 5.78 Å². The molecular weight excluding hydrogens is 547 g/mol. The minimum Gasteiger partial charge on any atom is -0.465 e. The topological polar surface area (TPSA) is 43.4 Å². The summed E-state index contributed by atoms with van der Waals surface area (Å²) < 4.78 is 5.36. The van der Waals surface area contributed by atoms with Gasteiger partial charge in [0.1, 0.15) is 5.29 Å². The van der Waals surface area contributed by atoms with E-state index < -0.39 is 12.9 Å². The SMILES string of the molecule is CCCCCCCCCCCCCCCCCC(=O)C(C(=O)OC)=P(c1ccccc1)(c1ccccc1)c1ccccc1. The van der Waals surface area contributed by atoms with Gasteiger partial charge >= 0.3 is 5.97 Å². The number of benzene rings is 3. The van der Waals surface area contributed by atoms with Crippen LogP contribution in [0.1, 0.15) is 110 Å². The molecule has 0 saturated heterocycles. The molecule has 0 saturated carbocycles. The van der Waals surface area contributed by atoms with Gasteiger partial charge < -0.3 is 4.74 Å². The Labute approximate surface area is 261 Å². The summed E-state index contributed by atoms with van der Waals surface area (Å²) in [5.74, 6) is -0.609. The van der Waals surface area contributed by atoms with Crippen molar-refractivity contribution >= 4 is 39.8 Å². The molecule has 3 nitrogen and oxygen atoms in total. The molecule has 43 heavy (non-hydrogen) atoms. The van der Waals surface area contributed by atoms with Gasteiger partial charge in [-0.1, -0.05) is 188 Å². The van der Waals surface area contributed by atoms with Crippen LogP contribution in [0.5, 0.6) is 0 Å². The Kier molecular flexibility index (Phi) is 16.2. The van der Waals surface area contributed by atoms with Crippen molar-refractivity contribution in [2.75, 3.05) is 7.11 Å². The summed E-state index contributed by atoms with van der Waals surface area (Å²) in [4.78, 5) is 27.8. The van der Waals surface area contributed by atoms with Crippen LogP contribution in [-0.2, 0) is 14.3 Å². The van der Waals surface area contributed by atoms with Crippen LogP contribution in [0.3, 0.4) is 0 Å². The van der Waals surface area contributed by atoms with Gasteiger partial charge in [-0.25, -0.2) is 4.79 Å². The lowest BCUT2D eigenvalue weighted by molar-refractivity contribution is -0.133. The van der Waals surface area contributed by atoms with Gasteiger partial charge in [0, 0.05) is 6.42 Å². The van der Waals surface area contributed by atoms with Gasteiger partial charge in [0.25, 0.3) is 0 Å². The molecule has 0 heterocycles. The average Bonchev–Trinajstić information content (AvgIpc) is 3.06. The molecule has 232 valence electrons. The van der Waals surface area contributed by atoms with Crippen molar-refractivity contribution in [2.24, 2.45) is 0 Å². The van der Waals surface area contributed by atoms with Crippen LogP contribution in [0.2, 0.25) is 0 Å². The van der Waals surface area contributed by atoms with Crippen LogP contribution < -0.4 is 15.9 Å². The number of methoxy groups -OCH3 is 1. The number of carbonyl (C=O) groups is 2. The number of ketones is 1. The molecule has 0 unspecified atom stereocenters. The Bertz CT molecular complexity index is 1150. The van der Waals surface area contributed by atoms with E-state index in [1.165, 1.54) is 84.2 Å². The van der Waals surface area contributed by atoms with E-state index in [1.807, 2.05) is 54.6 Å². The molecule has 3 aromatic carbocycles. The maximum absolute atomic E-state index is 14.1. The van der Waals surface area contributed by atoms with Gasteiger partial charge in [0.05, 0.1) is 7.11 Å². The Balaban J connectivity index is 1.67. The zero-order valence-corrected chi connectivity index (χ0v) is 27.5. The van der Waals surface area contributed by atoms with E-state index >= 15 is 0 Å². The Morgan fingerprint density at radius 1 is 0.512 bits per heavy atom. The first-order chi connectivity index (χ1) is 21.2. The van der Waals surface area contributed by atoms with Crippen LogP contribution >= 0.6 is 6.89 Å². The number of rotatable bonds is 21. The maximum Gasteiger partial charge on any atom is 0.342 e. The number of Topliss-reactive ketones (excluding diaryl/α,β-unsaturated/α-hetero) is 1. The summed E-state index contributed by atoms with van der Waals surface area (Å²) in [6, 6.07) is 30.2. The number of hydrogen-bond acceptors (Lipinski definition) is 3. The lowest BCUT2D eigenvalue weighted by Gasteiger charge is -2.31. The van der Waals surface area contributed by atoms with E-state index in [9.17, 15) is 9.59 Å². The molecule has 0 aliphatic heterocycles. The van der Waals surface area contributed by atoms with Crippen LogP contribution in [0, 0.1) is 0 Å². The van der Waals surface area contributed by atoms with Crippen LogP contribution in [0.25, 0.3) is 0 Å². The highest BCUT2D eigenvalue weighted by molar-refractivity contribution is 7.97. The summed E-state index contributed by atoms with van der Waals surface area (Å²) >= 11 is 0. The predicted molar refractivity (Wildman–Crippen MR) is 187 cm³/mol. The maximum atomic E-state index is 14.1. The second-order valence-corrected chi connectivity index (χ2v) is 15.0. The number of esters is 1. The van der Waals surface area contributed by atoms with Gasteiger partial charge in [0.15, 0.2) is 5.78 Å². The Hall–Kier alpha value is -2.90. The van der Waals surface area contributed by atoms with Crippen molar-refractivity contribution in [3.8, 4) is 0 Å². The van der Waals surface area contributed by atoms with Gasteiger partial charge in [-0.15, -0.1) is 0 Å². The van der Waals surface area contributed by atoms with E-state index in [1.54, 1.807) is 0 Å². The first-order valence-electron chi connectivity index (χ1n) is 16.7. The molecule has 3 rings (SSSR count). The quantitative estimate of drug-likeness (QED) is 0.0530. The first kappa shape index (κ1) is 34.6. The fourth-order valence-electron chi connectivity index (χ4n) is 6.10. The van der Waals surface area contributed by atoms with Crippen LogP contribution in [0.15, 0.2) is 91.0 Å². The second kappa shape index (κ2) is 20.1. The summed E-state index contributed by atoms with van der Waals surface area (Å²) in [6.07, 6.45) is 19.5. The minimum absolute atomic E-state index is 0.0913. The molecule has 0 atom stereocenters. The smallest absolute Gasteiger partial charge is 0.342 e. The molecule has 0 aliphatic carbocycles. The standard InChI is InChI=1S/C39H53O3P/c1-3-4-5-6-7-8-9-10-11-12-13-14-15-16-26-33-37(40)38(39(41)42-2)43(34-27-20-17-21-28-34,35-29-22-18-23-30-35)36-31-24-19-25-32-36/h17-25,27-32H,3-16,26,33H2,1-2H3. The third-order valence-electron chi connectivity index (χ3n) is 8.42. The van der Waals surface area contributed by atoms with Crippen molar-refractivity contribution < 1.29 is 14.3 Å². The van der Waals surface area contributed by atoms with Gasteiger partial charge in [-0.05, 0) is 29.2 Å². The molecule has 0 aliphatic rings. The highest BCUT2D eigenvalue weighted by Gasteiger charge is 2.37. The molecule has 0 radical (unpaired) electrons. The Morgan fingerprint density at radius 2 is 0.837 bits per heavy atom. The van der Waals surface area contributed by atoms with Gasteiger partial charge in [-0.3, -0.25) is 4.79 Å². The predicted octanol–water partition coefficient (Wildman–Crippen LogP) is 9.16. The molecule has 4 heteroatoms. The molecule has 0 spiro atoms. The molecule has 0 amide bonds. The highest BCUT2D eigenvalue weighted by Crippen LogP contribution is 2.47. The van der Waals surface area contributed by atoms with Crippen LogP contribution in [-0.4, -0.2) is 24.2 Å². The molecular formula is C39H53O3P. The fraction of sp³-hybridized carbons (Fsp3) is 0.462. The average molecular weight is 601 g/mol. The van der Waals surface area contributed by atoms with Crippen molar-refractivity contribution in [3.63, 3.8) is 0 Å². The van der Waals surface area contributed by atoms with E-state index in [4.69, 9.17) is 4.74 Å². The van der Waals surface area contributed by atoms with Crippen molar-refractivity contribution in [1.29, 1.82) is 0 Å². The number of unbranched alkanes of at least 4 members (excludes halogenated alkanes) is 14. The Morgan fingerprint density at radius 3 is 1.16 bits per heavy atom. The summed E-state index contributed by atoms with van der Waals surface area (Å²) in [5.41, 5.74) is 0. The second-order valence-electron chi connectivity index (χ2n) is 11.6. The van der Waals surface area contributed by atoms with Crippen molar-refractivity contribution in [2.45, 2.75) is 110 Å². The molecule has 0 aromatic heterocycles. The van der Waals surface area contributed by atoms with Crippen molar-refractivity contribution in [1.82, 2.24) is 0 Å². The summed E-state index contributed by atoms with van der Waals surface area (Å²) in [5, 5.41) is 3.25. The summed E-state index contributed by atoms with van der Waals surface area (Å²) in [6.45, 7) is -0.516. The normalized spacial score (nSPS) is 11.3. The lowest BCUT2D eigenvalue weighted by Crippen LogP contribution is -2.38.